The zero-order chi connectivity index (χ0) is 14.0. The highest BCUT2D eigenvalue weighted by atomic mass is 15.3. The predicted molar refractivity (Wildman–Crippen MR) is 78.9 cm³/mol. The summed E-state index contributed by atoms with van der Waals surface area (Å²) in [5, 5.41) is 7.74. The largest absolute Gasteiger partial charge is 0.384 e. The van der Waals surface area contributed by atoms with Crippen molar-refractivity contribution in [1.82, 2.24) is 9.88 Å². The van der Waals surface area contributed by atoms with Crippen molar-refractivity contribution in [3.8, 4) is 0 Å². The van der Waals surface area contributed by atoms with Gasteiger partial charge in [0, 0.05) is 38.4 Å². The van der Waals surface area contributed by atoms with Crippen LogP contribution in [0.3, 0.4) is 0 Å². The second-order valence-electron chi connectivity index (χ2n) is 5.36. The third-order valence-electron chi connectivity index (χ3n) is 3.75. The van der Waals surface area contributed by atoms with Gasteiger partial charge in [-0.1, -0.05) is 0 Å². The monoisotopic (exact) mass is 261 g/mol. The van der Waals surface area contributed by atoms with Gasteiger partial charge in [-0.3, -0.25) is 10.3 Å². The first-order chi connectivity index (χ1) is 9.00. The number of nitrogens with two attached hydrogens (primary N) is 1. The van der Waals surface area contributed by atoms with Gasteiger partial charge in [-0.2, -0.15) is 0 Å². The molecule has 104 valence electrons. The van der Waals surface area contributed by atoms with Crippen LogP contribution in [0.2, 0.25) is 0 Å². The van der Waals surface area contributed by atoms with Crippen LogP contribution in [-0.4, -0.2) is 47.9 Å². The molecule has 5 heteroatoms. The lowest BCUT2D eigenvalue weighted by molar-refractivity contribution is 0.209. The first-order valence-electron chi connectivity index (χ1n) is 6.79. The molecule has 0 spiro atoms. The summed E-state index contributed by atoms with van der Waals surface area (Å²) in [6.45, 7) is 10.4. The van der Waals surface area contributed by atoms with Crippen LogP contribution < -0.4 is 10.6 Å². The Morgan fingerprint density at radius 1 is 1.32 bits per heavy atom. The first kappa shape index (κ1) is 13.8. The van der Waals surface area contributed by atoms with Crippen molar-refractivity contribution in [3.63, 3.8) is 0 Å². The van der Waals surface area contributed by atoms with Crippen LogP contribution in [0.1, 0.15) is 25.0 Å². The number of piperazine rings is 1. The molecule has 1 saturated heterocycles. The number of anilines is 1. The molecule has 0 bridgehead atoms. The number of rotatable bonds is 3. The summed E-state index contributed by atoms with van der Waals surface area (Å²) in [4.78, 5) is 9.14. The fourth-order valence-electron chi connectivity index (χ4n) is 2.57. The van der Waals surface area contributed by atoms with Crippen LogP contribution >= 0.6 is 0 Å². The molecule has 2 rings (SSSR count). The second-order valence-corrected chi connectivity index (χ2v) is 5.36. The van der Waals surface area contributed by atoms with E-state index in [4.69, 9.17) is 11.1 Å². The SMILES string of the molecule is Cc1ccnc(N2CCN(C(C)C)CC2)c1C(=N)N. The fourth-order valence-corrected chi connectivity index (χ4v) is 2.57. The van der Waals surface area contributed by atoms with E-state index in [2.05, 4.69) is 28.6 Å². The van der Waals surface area contributed by atoms with Crippen LogP contribution in [0.15, 0.2) is 12.3 Å². The number of aryl methyl sites for hydroxylation is 1. The Balaban J connectivity index is 2.20. The number of hydrogen-bond donors (Lipinski definition) is 2. The molecule has 0 aromatic carbocycles. The molecular weight excluding hydrogens is 238 g/mol. The zero-order valence-electron chi connectivity index (χ0n) is 12.0. The second kappa shape index (κ2) is 5.57. The summed E-state index contributed by atoms with van der Waals surface area (Å²) in [7, 11) is 0. The lowest BCUT2D eigenvalue weighted by Gasteiger charge is -2.38. The van der Waals surface area contributed by atoms with Crippen molar-refractivity contribution >= 4 is 11.7 Å². The molecule has 0 unspecified atom stereocenters. The van der Waals surface area contributed by atoms with Crippen molar-refractivity contribution < 1.29 is 0 Å². The van der Waals surface area contributed by atoms with Gasteiger partial charge in [-0.15, -0.1) is 0 Å². The summed E-state index contributed by atoms with van der Waals surface area (Å²) in [6, 6.07) is 2.49. The van der Waals surface area contributed by atoms with Crippen LogP contribution in [0, 0.1) is 12.3 Å². The van der Waals surface area contributed by atoms with E-state index in [1.165, 1.54) is 0 Å². The highest BCUT2D eigenvalue weighted by Crippen LogP contribution is 2.22. The Bertz CT molecular complexity index is 461. The zero-order valence-corrected chi connectivity index (χ0v) is 12.0. The number of hydrogen-bond acceptors (Lipinski definition) is 4. The number of pyridine rings is 1. The predicted octanol–water partition coefficient (Wildman–Crippen LogP) is 1.20. The quantitative estimate of drug-likeness (QED) is 0.634. The van der Waals surface area contributed by atoms with Crippen molar-refractivity contribution in [2.24, 2.45) is 5.73 Å². The first-order valence-corrected chi connectivity index (χ1v) is 6.79. The van der Waals surface area contributed by atoms with Crippen LogP contribution in [0.4, 0.5) is 5.82 Å². The Labute approximate surface area is 114 Å². The number of nitrogens with one attached hydrogen (secondary N) is 1. The molecule has 1 aliphatic rings. The van der Waals surface area contributed by atoms with Gasteiger partial charge in [0.25, 0.3) is 0 Å². The fraction of sp³-hybridized carbons (Fsp3) is 0.571. The van der Waals surface area contributed by atoms with Gasteiger partial charge in [0.1, 0.15) is 11.7 Å². The molecule has 1 aliphatic heterocycles. The van der Waals surface area contributed by atoms with Gasteiger partial charge in [0.05, 0.1) is 5.56 Å². The lowest BCUT2D eigenvalue weighted by atomic mass is 10.1. The highest BCUT2D eigenvalue weighted by molar-refractivity contribution is 6.01. The Morgan fingerprint density at radius 2 is 1.95 bits per heavy atom. The molecule has 3 N–H and O–H groups in total. The average molecular weight is 261 g/mol. The molecular formula is C14H23N5. The Morgan fingerprint density at radius 3 is 2.47 bits per heavy atom. The summed E-state index contributed by atoms with van der Waals surface area (Å²) >= 11 is 0. The van der Waals surface area contributed by atoms with Crippen molar-refractivity contribution in [2.45, 2.75) is 26.8 Å². The number of amidine groups is 1. The molecule has 2 heterocycles. The van der Waals surface area contributed by atoms with E-state index in [1.807, 2.05) is 13.0 Å². The third kappa shape index (κ3) is 2.87. The minimum absolute atomic E-state index is 0.104. The standard InChI is InChI=1S/C14H23N5/c1-10(2)18-6-8-19(9-7-18)14-12(13(15)16)11(3)4-5-17-14/h4-5,10H,6-9H2,1-3H3,(H3,15,16). The minimum atomic E-state index is 0.104. The Hall–Kier alpha value is -1.62. The van der Waals surface area contributed by atoms with Gasteiger partial charge in [-0.05, 0) is 32.4 Å². The van der Waals surface area contributed by atoms with E-state index in [-0.39, 0.29) is 5.84 Å². The third-order valence-corrected chi connectivity index (χ3v) is 3.75. The van der Waals surface area contributed by atoms with Gasteiger partial charge in [0.15, 0.2) is 0 Å². The summed E-state index contributed by atoms with van der Waals surface area (Å²) < 4.78 is 0. The van der Waals surface area contributed by atoms with Gasteiger partial charge < -0.3 is 10.6 Å². The van der Waals surface area contributed by atoms with Crippen molar-refractivity contribution in [3.05, 3.63) is 23.4 Å². The molecule has 0 radical (unpaired) electrons. The van der Waals surface area contributed by atoms with Crippen LogP contribution in [-0.2, 0) is 0 Å². The maximum atomic E-state index is 7.74. The molecule has 1 fully saturated rings. The van der Waals surface area contributed by atoms with Gasteiger partial charge in [0.2, 0.25) is 0 Å². The molecule has 0 aliphatic carbocycles. The van der Waals surface area contributed by atoms with E-state index in [9.17, 15) is 0 Å². The van der Waals surface area contributed by atoms with Gasteiger partial charge >= 0.3 is 0 Å². The number of aromatic nitrogens is 1. The maximum absolute atomic E-state index is 7.74. The highest BCUT2D eigenvalue weighted by Gasteiger charge is 2.22. The topological polar surface area (TPSA) is 69.2 Å². The van der Waals surface area contributed by atoms with Crippen LogP contribution in [0.5, 0.6) is 0 Å². The molecule has 0 amide bonds. The molecule has 1 aromatic heterocycles. The smallest absolute Gasteiger partial charge is 0.139 e. The lowest BCUT2D eigenvalue weighted by Crippen LogP contribution is -2.49. The van der Waals surface area contributed by atoms with E-state index in [0.717, 1.165) is 43.1 Å². The molecule has 0 atom stereocenters. The average Bonchev–Trinajstić information content (AvgIpc) is 2.38. The van der Waals surface area contributed by atoms with Crippen molar-refractivity contribution in [2.75, 3.05) is 31.1 Å². The summed E-state index contributed by atoms with van der Waals surface area (Å²) in [6.07, 6.45) is 1.80. The molecule has 5 nitrogen and oxygen atoms in total. The van der Waals surface area contributed by atoms with E-state index < -0.39 is 0 Å². The minimum Gasteiger partial charge on any atom is -0.384 e. The summed E-state index contributed by atoms with van der Waals surface area (Å²) in [5.74, 6) is 0.961. The maximum Gasteiger partial charge on any atom is 0.139 e. The normalized spacial score (nSPS) is 16.9. The molecule has 19 heavy (non-hydrogen) atoms. The van der Waals surface area contributed by atoms with Gasteiger partial charge in [-0.25, -0.2) is 4.98 Å². The van der Waals surface area contributed by atoms with Crippen molar-refractivity contribution in [1.29, 1.82) is 5.41 Å². The van der Waals surface area contributed by atoms with E-state index in [1.54, 1.807) is 6.20 Å². The van der Waals surface area contributed by atoms with E-state index >= 15 is 0 Å². The van der Waals surface area contributed by atoms with E-state index in [0.29, 0.717) is 6.04 Å². The summed E-state index contributed by atoms with van der Waals surface area (Å²) in [5.41, 5.74) is 7.50. The molecule has 0 saturated carbocycles. The molecule has 1 aromatic rings. The van der Waals surface area contributed by atoms with Crippen LogP contribution in [0.25, 0.3) is 0 Å². The number of nitrogens with zero attached hydrogens (tertiary/aromatic N) is 3. The number of nitrogen functional groups attached to an aromatic ring is 1. The Kier molecular flexibility index (Phi) is 4.04.